The molecule has 4 nitrogen and oxygen atoms in total. The lowest BCUT2D eigenvalue weighted by Gasteiger charge is -2.52. The number of aliphatic hydroxyl groups is 1. The van der Waals surface area contributed by atoms with Crippen LogP contribution in [0.25, 0.3) is 0 Å². The number of aryl methyl sites for hydroxylation is 1. The van der Waals surface area contributed by atoms with Gasteiger partial charge in [-0.05, 0) is 84.7 Å². The highest BCUT2D eigenvalue weighted by atomic mass is 16.5. The molecular formula is C34H37NO3. The first-order valence-electron chi connectivity index (χ1n) is 13.9. The minimum atomic E-state index is -1.10. The number of allylic oxidation sites excluding steroid dienone is 2. The van der Waals surface area contributed by atoms with Gasteiger partial charge in [-0.1, -0.05) is 43.0 Å². The smallest absolute Gasteiger partial charge is 0.137 e. The van der Waals surface area contributed by atoms with E-state index in [0.717, 1.165) is 36.1 Å². The molecule has 5 atom stereocenters. The number of Topliss-reactive ketones (excluding diaryl/α,β-unsaturated/α-hetero) is 1. The van der Waals surface area contributed by atoms with Gasteiger partial charge in [0.25, 0.3) is 0 Å². The van der Waals surface area contributed by atoms with Gasteiger partial charge in [0.2, 0.25) is 0 Å². The number of ketones is 1. The number of anilines is 1. The predicted octanol–water partition coefficient (Wildman–Crippen LogP) is 6.08. The second-order valence-electron chi connectivity index (χ2n) is 12.1. The molecular weight excluding hydrogens is 470 g/mol. The summed E-state index contributed by atoms with van der Waals surface area (Å²) in [5, 5.41) is 12.2. The maximum Gasteiger partial charge on any atom is 0.137 e. The number of hydrogen-bond donors (Lipinski definition) is 1. The van der Waals surface area contributed by atoms with Gasteiger partial charge in [0, 0.05) is 55.4 Å². The number of hydrogen-bond acceptors (Lipinski definition) is 4. The Hall–Kier alpha value is -3.29. The van der Waals surface area contributed by atoms with Gasteiger partial charge in [-0.3, -0.25) is 4.79 Å². The molecule has 4 aliphatic rings. The minimum Gasteiger partial charge on any atom is -0.493 e. The van der Waals surface area contributed by atoms with Crippen molar-refractivity contribution in [1.29, 1.82) is 0 Å². The van der Waals surface area contributed by atoms with Crippen LogP contribution in [0.2, 0.25) is 0 Å². The van der Waals surface area contributed by atoms with Gasteiger partial charge in [0.1, 0.15) is 17.5 Å². The van der Waals surface area contributed by atoms with E-state index in [1.54, 1.807) is 0 Å². The van der Waals surface area contributed by atoms with Gasteiger partial charge in [-0.25, -0.2) is 0 Å². The number of fused-ring (bicyclic) bond motifs is 4. The third kappa shape index (κ3) is 4.00. The summed E-state index contributed by atoms with van der Waals surface area (Å²) in [7, 11) is 4.11. The zero-order valence-corrected chi connectivity index (χ0v) is 22.9. The van der Waals surface area contributed by atoms with E-state index in [1.165, 1.54) is 22.3 Å². The maximum absolute atomic E-state index is 12.3. The highest BCUT2D eigenvalue weighted by molar-refractivity contribution is 5.84. The van der Waals surface area contributed by atoms with E-state index >= 15 is 0 Å². The zero-order chi connectivity index (χ0) is 26.7. The molecule has 6 rings (SSSR count). The van der Waals surface area contributed by atoms with Crippen LogP contribution < -0.4 is 4.90 Å². The normalized spacial score (nSPS) is 31.8. The van der Waals surface area contributed by atoms with Gasteiger partial charge < -0.3 is 14.7 Å². The average molecular weight is 508 g/mol. The summed E-state index contributed by atoms with van der Waals surface area (Å²) in [6, 6.07) is 17.0. The lowest BCUT2D eigenvalue weighted by atomic mass is 9.55. The minimum absolute atomic E-state index is 0.103. The Morgan fingerprint density at radius 1 is 1.11 bits per heavy atom. The van der Waals surface area contributed by atoms with Gasteiger partial charge in [-0.15, -0.1) is 0 Å². The number of rotatable bonds is 2. The summed E-state index contributed by atoms with van der Waals surface area (Å²) >= 11 is 0. The van der Waals surface area contributed by atoms with Gasteiger partial charge in [-0.2, -0.15) is 0 Å². The lowest BCUT2D eigenvalue weighted by Crippen LogP contribution is -2.53. The fourth-order valence-corrected chi connectivity index (χ4v) is 7.42. The molecule has 0 aromatic heterocycles. The number of carbonyl (C=O) groups excluding carboxylic acids is 1. The Balaban J connectivity index is 1.45. The maximum atomic E-state index is 12.3. The fraction of sp³-hybridized carbons (Fsp3) is 0.441. The third-order valence-electron chi connectivity index (χ3n) is 9.63. The first-order valence-corrected chi connectivity index (χ1v) is 13.9. The first kappa shape index (κ1) is 25.0. The molecule has 0 unspecified atom stereocenters. The molecule has 3 fully saturated rings. The van der Waals surface area contributed by atoms with Crippen molar-refractivity contribution >= 4 is 11.5 Å². The van der Waals surface area contributed by atoms with Crippen molar-refractivity contribution in [1.82, 2.24) is 0 Å². The topological polar surface area (TPSA) is 49.8 Å². The molecule has 196 valence electrons. The van der Waals surface area contributed by atoms with E-state index in [4.69, 9.17) is 4.74 Å². The number of nitrogens with zero attached hydrogens (tertiary/aromatic N) is 1. The van der Waals surface area contributed by atoms with Gasteiger partial charge in [0.15, 0.2) is 0 Å². The third-order valence-corrected chi connectivity index (χ3v) is 9.63. The lowest BCUT2D eigenvalue weighted by molar-refractivity contribution is -0.119. The summed E-state index contributed by atoms with van der Waals surface area (Å²) in [5.41, 5.74) is 6.69. The van der Waals surface area contributed by atoms with Crippen molar-refractivity contribution in [2.75, 3.05) is 19.0 Å². The molecule has 2 aromatic carbocycles. The second kappa shape index (κ2) is 9.17. The summed E-state index contributed by atoms with van der Waals surface area (Å²) in [6.45, 7) is 4.29. The van der Waals surface area contributed by atoms with E-state index in [1.807, 2.05) is 18.4 Å². The van der Waals surface area contributed by atoms with E-state index in [-0.39, 0.29) is 23.7 Å². The Morgan fingerprint density at radius 2 is 1.89 bits per heavy atom. The number of carbonyl (C=O) groups is 1. The van der Waals surface area contributed by atoms with Crippen LogP contribution in [0.15, 0.2) is 71.5 Å². The van der Waals surface area contributed by atoms with Crippen molar-refractivity contribution in [2.45, 2.75) is 70.0 Å². The quantitative estimate of drug-likeness (QED) is 0.501. The van der Waals surface area contributed by atoms with Crippen LogP contribution in [0.5, 0.6) is 0 Å². The molecule has 3 saturated carbocycles. The van der Waals surface area contributed by atoms with Crippen molar-refractivity contribution in [2.24, 2.45) is 11.3 Å². The van der Waals surface area contributed by atoms with Crippen LogP contribution in [0, 0.1) is 30.1 Å². The Labute approximate surface area is 226 Å². The molecule has 2 aromatic rings. The zero-order valence-electron chi connectivity index (χ0n) is 22.9. The molecule has 0 amide bonds. The molecule has 0 saturated heterocycles. The predicted molar refractivity (Wildman–Crippen MR) is 151 cm³/mol. The molecule has 4 heteroatoms. The van der Waals surface area contributed by atoms with Gasteiger partial charge in [0.05, 0.1) is 6.26 Å². The molecule has 0 spiro atoms. The molecule has 3 aliphatic carbocycles. The highest BCUT2D eigenvalue weighted by Gasteiger charge is 2.63. The molecule has 1 aliphatic heterocycles. The van der Waals surface area contributed by atoms with E-state index in [2.05, 4.69) is 81.1 Å². The summed E-state index contributed by atoms with van der Waals surface area (Å²) in [5.74, 6) is 7.23. The van der Waals surface area contributed by atoms with Crippen LogP contribution in [0.1, 0.15) is 68.1 Å². The molecule has 1 heterocycles. The molecule has 0 bridgehead atoms. The van der Waals surface area contributed by atoms with Crippen molar-refractivity contribution < 1.29 is 14.6 Å². The van der Waals surface area contributed by atoms with E-state index in [0.29, 0.717) is 19.3 Å². The van der Waals surface area contributed by atoms with Crippen LogP contribution in [-0.4, -0.2) is 36.7 Å². The highest BCUT2D eigenvalue weighted by Crippen LogP contribution is 2.64. The number of ether oxygens (including phenoxy) is 1. The second-order valence-corrected chi connectivity index (χ2v) is 12.1. The van der Waals surface area contributed by atoms with Crippen LogP contribution in [0.3, 0.4) is 0 Å². The largest absolute Gasteiger partial charge is 0.493 e. The summed E-state index contributed by atoms with van der Waals surface area (Å²) in [4.78, 5) is 14.4. The van der Waals surface area contributed by atoms with Crippen molar-refractivity contribution in [3.8, 4) is 11.8 Å². The molecule has 1 N–H and O–H groups in total. The van der Waals surface area contributed by atoms with Crippen molar-refractivity contribution in [3.63, 3.8) is 0 Å². The van der Waals surface area contributed by atoms with E-state index in [9.17, 15) is 9.90 Å². The Bertz CT molecular complexity index is 1410. The van der Waals surface area contributed by atoms with E-state index < -0.39 is 11.0 Å². The van der Waals surface area contributed by atoms with Crippen LogP contribution in [-0.2, 0) is 9.53 Å². The van der Waals surface area contributed by atoms with Crippen LogP contribution >= 0.6 is 0 Å². The monoisotopic (exact) mass is 507 g/mol. The Kier molecular flexibility index (Phi) is 6.04. The number of benzene rings is 2. The summed E-state index contributed by atoms with van der Waals surface area (Å²) in [6.07, 6.45) is 5.91. The Morgan fingerprint density at radius 3 is 2.63 bits per heavy atom. The standard InChI is InChI=1S/C34H37NO3/c1-22-6-5-7-23(18-22)14-16-34(37)17-15-30-32-31(28-13-12-27(36)19-25(28)21-38-32)29(20-33(30,34)2)24-8-10-26(11-9-24)35(3)4/h5-11,18,21,29-30,32,37H,12-13,15,17,19-20H2,1-4H3/t29-,30+,32+,33+,34+/m1/s1. The van der Waals surface area contributed by atoms with Crippen LogP contribution in [0.4, 0.5) is 5.69 Å². The summed E-state index contributed by atoms with van der Waals surface area (Å²) < 4.78 is 6.52. The van der Waals surface area contributed by atoms with Gasteiger partial charge >= 0.3 is 0 Å². The van der Waals surface area contributed by atoms with Crippen molar-refractivity contribution in [3.05, 3.63) is 88.2 Å². The SMILES string of the molecule is Cc1cccc(C#C[C@]2(O)CC[C@H]3[C@@H]4OC=C5CC(=O)CCC5=C4[C@@H](c4ccc(N(C)C)cc4)C[C@@]32C)c1. The molecule has 0 radical (unpaired) electrons. The fourth-order valence-electron chi connectivity index (χ4n) is 7.42. The molecule has 38 heavy (non-hydrogen) atoms. The first-order chi connectivity index (χ1) is 18.2. The average Bonchev–Trinajstić information content (AvgIpc) is 3.17.